The summed E-state index contributed by atoms with van der Waals surface area (Å²) in [5.41, 5.74) is 0. The lowest BCUT2D eigenvalue weighted by atomic mass is 9.95. The third kappa shape index (κ3) is 3.69. The first-order chi connectivity index (χ1) is 8.69. The van der Waals surface area contributed by atoms with Crippen molar-refractivity contribution in [1.29, 1.82) is 0 Å². The van der Waals surface area contributed by atoms with E-state index >= 15 is 0 Å². The standard InChI is InChI=1S/C14H27N3O/c1-3-14(18)17-6-4-13(5-7-17)12-16-10-8-15(2)9-11-16/h13H,3-12H2,1-2H3. The number of piperidine rings is 1. The Morgan fingerprint density at radius 2 is 1.67 bits per heavy atom. The SMILES string of the molecule is CCC(=O)N1CCC(CN2CCN(C)CC2)CC1. The Balaban J connectivity index is 1.69. The molecule has 0 atom stereocenters. The Labute approximate surface area is 111 Å². The number of hydrogen-bond acceptors (Lipinski definition) is 3. The van der Waals surface area contributed by atoms with E-state index in [9.17, 15) is 4.79 Å². The smallest absolute Gasteiger partial charge is 0.222 e. The molecule has 1 amide bonds. The van der Waals surface area contributed by atoms with Crippen LogP contribution in [0.2, 0.25) is 0 Å². The summed E-state index contributed by atoms with van der Waals surface area (Å²) in [7, 11) is 2.20. The molecule has 2 heterocycles. The van der Waals surface area contributed by atoms with Gasteiger partial charge in [-0.05, 0) is 25.8 Å². The second kappa shape index (κ2) is 6.53. The predicted molar refractivity (Wildman–Crippen MR) is 73.5 cm³/mol. The molecular weight excluding hydrogens is 226 g/mol. The number of hydrogen-bond donors (Lipinski definition) is 0. The maximum absolute atomic E-state index is 11.6. The molecule has 2 rings (SSSR count). The van der Waals surface area contributed by atoms with E-state index in [4.69, 9.17) is 0 Å². The van der Waals surface area contributed by atoms with Crippen LogP contribution < -0.4 is 0 Å². The third-order valence-corrected chi connectivity index (χ3v) is 4.38. The van der Waals surface area contributed by atoms with Crippen molar-refractivity contribution in [3.8, 4) is 0 Å². The van der Waals surface area contributed by atoms with E-state index in [-0.39, 0.29) is 0 Å². The minimum atomic E-state index is 0.327. The van der Waals surface area contributed by atoms with Crippen LogP contribution in [0.5, 0.6) is 0 Å². The average molecular weight is 253 g/mol. The summed E-state index contributed by atoms with van der Waals surface area (Å²) in [4.78, 5) is 18.7. The summed E-state index contributed by atoms with van der Waals surface area (Å²) in [6, 6.07) is 0. The number of nitrogens with zero attached hydrogens (tertiary/aromatic N) is 3. The van der Waals surface area contributed by atoms with Crippen molar-refractivity contribution < 1.29 is 4.79 Å². The summed E-state index contributed by atoms with van der Waals surface area (Å²) in [6.45, 7) is 9.98. The van der Waals surface area contributed by atoms with E-state index in [0.29, 0.717) is 12.3 Å². The Morgan fingerprint density at radius 1 is 1.06 bits per heavy atom. The van der Waals surface area contributed by atoms with Crippen LogP contribution in [0.4, 0.5) is 0 Å². The van der Waals surface area contributed by atoms with Gasteiger partial charge >= 0.3 is 0 Å². The summed E-state index contributed by atoms with van der Waals surface area (Å²) < 4.78 is 0. The Hall–Kier alpha value is -0.610. The molecule has 4 nitrogen and oxygen atoms in total. The second-order valence-electron chi connectivity index (χ2n) is 5.78. The van der Waals surface area contributed by atoms with Crippen molar-refractivity contribution in [2.24, 2.45) is 5.92 Å². The zero-order chi connectivity index (χ0) is 13.0. The van der Waals surface area contributed by atoms with Gasteiger partial charge in [-0.25, -0.2) is 0 Å². The van der Waals surface area contributed by atoms with Crippen molar-refractivity contribution in [3.63, 3.8) is 0 Å². The molecule has 2 fully saturated rings. The quantitative estimate of drug-likeness (QED) is 0.747. The molecule has 0 unspecified atom stereocenters. The van der Waals surface area contributed by atoms with Crippen molar-refractivity contribution in [1.82, 2.24) is 14.7 Å². The molecule has 18 heavy (non-hydrogen) atoms. The highest BCUT2D eigenvalue weighted by Crippen LogP contribution is 2.19. The minimum Gasteiger partial charge on any atom is -0.343 e. The van der Waals surface area contributed by atoms with Gasteiger partial charge in [-0.1, -0.05) is 6.92 Å². The highest BCUT2D eigenvalue weighted by molar-refractivity contribution is 5.75. The fourth-order valence-electron chi connectivity index (χ4n) is 2.98. The van der Waals surface area contributed by atoms with E-state index in [1.807, 2.05) is 11.8 Å². The predicted octanol–water partition coefficient (Wildman–Crippen LogP) is 0.882. The molecule has 0 bridgehead atoms. The molecule has 0 aromatic rings. The van der Waals surface area contributed by atoms with Crippen molar-refractivity contribution >= 4 is 5.91 Å². The third-order valence-electron chi connectivity index (χ3n) is 4.38. The Kier molecular flexibility index (Phi) is 5.01. The van der Waals surface area contributed by atoms with E-state index in [2.05, 4.69) is 16.8 Å². The fraction of sp³-hybridized carbons (Fsp3) is 0.929. The van der Waals surface area contributed by atoms with Crippen LogP contribution in [0.1, 0.15) is 26.2 Å². The van der Waals surface area contributed by atoms with E-state index in [1.165, 1.54) is 45.6 Å². The molecule has 0 aromatic heterocycles. The summed E-state index contributed by atoms with van der Waals surface area (Å²) in [5, 5.41) is 0. The lowest BCUT2D eigenvalue weighted by molar-refractivity contribution is -0.132. The molecule has 0 saturated carbocycles. The average Bonchev–Trinajstić information content (AvgIpc) is 2.41. The molecule has 2 aliphatic rings. The summed E-state index contributed by atoms with van der Waals surface area (Å²) in [5.74, 6) is 1.13. The summed E-state index contributed by atoms with van der Waals surface area (Å²) >= 11 is 0. The van der Waals surface area contributed by atoms with Gasteiger partial charge in [-0.3, -0.25) is 4.79 Å². The molecular formula is C14H27N3O. The molecule has 4 heteroatoms. The molecule has 0 aromatic carbocycles. The molecule has 0 spiro atoms. The van der Waals surface area contributed by atoms with Crippen LogP contribution in [0.3, 0.4) is 0 Å². The Bertz CT molecular complexity index is 266. The first-order valence-corrected chi connectivity index (χ1v) is 7.37. The number of likely N-dealkylation sites (tertiary alicyclic amines) is 1. The van der Waals surface area contributed by atoms with Crippen LogP contribution >= 0.6 is 0 Å². The molecule has 0 N–H and O–H groups in total. The molecule has 2 saturated heterocycles. The number of rotatable bonds is 3. The highest BCUT2D eigenvalue weighted by Gasteiger charge is 2.24. The molecule has 104 valence electrons. The fourth-order valence-corrected chi connectivity index (χ4v) is 2.98. The first-order valence-electron chi connectivity index (χ1n) is 7.37. The number of likely N-dealkylation sites (N-methyl/N-ethyl adjacent to an activating group) is 1. The molecule has 2 aliphatic heterocycles. The normalized spacial score (nSPS) is 24.4. The lowest BCUT2D eigenvalue weighted by Gasteiger charge is -2.37. The van der Waals surface area contributed by atoms with Gasteiger partial charge in [-0.2, -0.15) is 0 Å². The highest BCUT2D eigenvalue weighted by atomic mass is 16.2. The van der Waals surface area contributed by atoms with E-state index in [0.717, 1.165) is 19.0 Å². The first kappa shape index (κ1) is 13.8. The van der Waals surface area contributed by atoms with Crippen LogP contribution in [0, 0.1) is 5.92 Å². The van der Waals surface area contributed by atoms with Gasteiger partial charge in [0.15, 0.2) is 0 Å². The maximum Gasteiger partial charge on any atom is 0.222 e. The van der Waals surface area contributed by atoms with Gasteiger partial charge in [0.25, 0.3) is 0 Å². The van der Waals surface area contributed by atoms with Gasteiger partial charge in [0.1, 0.15) is 0 Å². The van der Waals surface area contributed by atoms with Crippen LogP contribution in [0.25, 0.3) is 0 Å². The van der Waals surface area contributed by atoms with Crippen molar-refractivity contribution in [2.45, 2.75) is 26.2 Å². The molecule has 0 aliphatic carbocycles. The number of amides is 1. The van der Waals surface area contributed by atoms with Gasteiger partial charge in [-0.15, -0.1) is 0 Å². The minimum absolute atomic E-state index is 0.327. The zero-order valence-corrected chi connectivity index (χ0v) is 11.9. The van der Waals surface area contributed by atoms with Crippen LogP contribution in [-0.4, -0.2) is 73.5 Å². The van der Waals surface area contributed by atoms with Crippen molar-refractivity contribution in [3.05, 3.63) is 0 Å². The van der Waals surface area contributed by atoms with Gasteiger partial charge in [0, 0.05) is 52.2 Å². The number of carbonyl (C=O) groups is 1. The van der Waals surface area contributed by atoms with Gasteiger partial charge < -0.3 is 14.7 Å². The maximum atomic E-state index is 11.6. The van der Waals surface area contributed by atoms with Gasteiger partial charge in [0.2, 0.25) is 5.91 Å². The topological polar surface area (TPSA) is 26.8 Å². The Morgan fingerprint density at radius 3 is 2.22 bits per heavy atom. The van der Waals surface area contributed by atoms with E-state index in [1.54, 1.807) is 0 Å². The number of carbonyl (C=O) groups excluding carboxylic acids is 1. The van der Waals surface area contributed by atoms with Crippen LogP contribution in [0.15, 0.2) is 0 Å². The zero-order valence-electron chi connectivity index (χ0n) is 11.9. The monoisotopic (exact) mass is 253 g/mol. The lowest BCUT2D eigenvalue weighted by Crippen LogP contribution is -2.47. The summed E-state index contributed by atoms with van der Waals surface area (Å²) in [6.07, 6.45) is 3.04. The largest absolute Gasteiger partial charge is 0.343 e. The molecule has 0 radical (unpaired) electrons. The number of piperazine rings is 1. The van der Waals surface area contributed by atoms with E-state index < -0.39 is 0 Å². The van der Waals surface area contributed by atoms with Gasteiger partial charge in [0.05, 0.1) is 0 Å². The van der Waals surface area contributed by atoms with Crippen LogP contribution in [-0.2, 0) is 4.79 Å². The van der Waals surface area contributed by atoms with Crippen molar-refractivity contribution in [2.75, 3.05) is 52.9 Å². The second-order valence-corrected chi connectivity index (χ2v) is 5.78.